The van der Waals surface area contributed by atoms with Crippen LogP contribution < -0.4 is 0 Å². The van der Waals surface area contributed by atoms with Crippen molar-refractivity contribution in [3.05, 3.63) is 35.5 Å². The van der Waals surface area contributed by atoms with Crippen molar-refractivity contribution < 1.29 is 22.8 Å². The molecule has 3 nitrogen and oxygen atoms in total. The second-order valence-electron chi connectivity index (χ2n) is 6.02. The van der Waals surface area contributed by atoms with E-state index in [2.05, 4.69) is 0 Å². The molecule has 0 aromatic rings. The quantitative estimate of drug-likeness (QED) is 0.645. The molecule has 22 heavy (non-hydrogen) atoms. The summed E-state index contributed by atoms with van der Waals surface area (Å²) in [6, 6.07) is 0. The molecule has 0 aromatic heterocycles. The summed E-state index contributed by atoms with van der Waals surface area (Å²) in [7, 11) is 0. The van der Waals surface area contributed by atoms with Crippen LogP contribution in [0.3, 0.4) is 0 Å². The third kappa shape index (κ3) is 2.51. The molecule has 0 saturated carbocycles. The van der Waals surface area contributed by atoms with E-state index in [4.69, 9.17) is 0 Å². The predicted molar refractivity (Wildman–Crippen MR) is 73.8 cm³/mol. The molecule has 6 heteroatoms. The van der Waals surface area contributed by atoms with E-state index in [1.165, 1.54) is 12.2 Å². The van der Waals surface area contributed by atoms with E-state index in [9.17, 15) is 22.8 Å². The molecule has 3 aliphatic rings. The highest BCUT2D eigenvalue weighted by atomic mass is 19.4. The Bertz CT molecular complexity index is 597. The minimum absolute atomic E-state index is 0.0359. The van der Waals surface area contributed by atoms with E-state index in [-0.39, 0.29) is 18.9 Å². The van der Waals surface area contributed by atoms with Gasteiger partial charge < -0.3 is 4.90 Å². The summed E-state index contributed by atoms with van der Waals surface area (Å²) in [5.41, 5.74) is 1.50. The van der Waals surface area contributed by atoms with Gasteiger partial charge in [-0.05, 0) is 37.8 Å². The lowest BCUT2D eigenvalue weighted by molar-refractivity contribution is -0.185. The lowest BCUT2D eigenvalue weighted by Crippen LogP contribution is -2.42. The molecule has 0 radical (unpaired) electrons. The minimum atomic E-state index is -4.84. The van der Waals surface area contributed by atoms with Crippen LogP contribution in [0.15, 0.2) is 35.5 Å². The van der Waals surface area contributed by atoms with E-state index in [0.29, 0.717) is 12.8 Å². The molecule has 0 bridgehead atoms. The van der Waals surface area contributed by atoms with Gasteiger partial charge in [0.15, 0.2) is 5.78 Å². The Morgan fingerprint density at radius 1 is 1.18 bits per heavy atom. The van der Waals surface area contributed by atoms with Gasteiger partial charge >= 0.3 is 12.1 Å². The van der Waals surface area contributed by atoms with Crippen molar-refractivity contribution in [3.8, 4) is 0 Å². The van der Waals surface area contributed by atoms with Gasteiger partial charge in [0.05, 0.1) is 0 Å². The molecular weight excluding hydrogens is 295 g/mol. The lowest BCUT2D eigenvalue weighted by Gasteiger charge is -2.31. The first-order valence-electron chi connectivity index (χ1n) is 7.32. The van der Waals surface area contributed by atoms with Crippen LogP contribution in [0.25, 0.3) is 0 Å². The number of ketones is 1. The van der Waals surface area contributed by atoms with Crippen molar-refractivity contribution in [2.75, 3.05) is 13.1 Å². The van der Waals surface area contributed by atoms with Gasteiger partial charge in [0.2, 0.25) is 0 Å². The first kappa shape index (κ1) is 15.1. The smallest absolute Gasteiger partial charge is 0.331 e. The maximum atomic E-state index is 12.7. The van der Waals surface area contributed by atoms with Crippen LogP contribution in [-0.4, -0.2) is 35.9 Å². The molecular formula is C16H16F3NO2. The Labute approximate surface area is 126 Å². The number of amides is 1. The molecule has 1 heterocycles. The van der Waals surface area contributed by atoms with Gasteiger partial charge in [0.25, 0.3) is 0 Å². The summed E-state index contributed by atoms with van der Waals surface area (Å²) < 4.78 is 38.1. The Hall–Kier alpha value is -1.85. The molecule has 0 unspecified atom stereocenters. The van der Waals surface area contributed by atoms with Gasteiger partial charge in [-0.25, -0.2) is 0 Å². The third-order valence-electron chi connectivity index (χ3n) is 4.69. The average Bonchev–Trinajstić information content (AvgIpc) is 2.87. The molecule has 118 valence electrons. The van der Waals surface area contributed by atoms with Crippen molar-refractivity contribution in [1.29, 1.82) is 0 Å². The summed E-state index contributed by atoms with van der Waals surface area (Å²) in [4.78, 5) is 23.8. The summed E-state index contributed by atoms with van der Waals surface area (Å²) in [6.45, 7) is 0.0826. The van der Waals surface area contributed by atoms with Crippen LogP contribution in [-0.2, 0) is 9.59 Å². The van der Waals surface area contributed by atoms with Gasteiger partial charge in [-0.1, -0.05) is 23.3 Å². The van der Waals surface area contributed by atoms with E-state index in [0.717, 1.165) is 28.9 Å². The minimum Gasteiger partial charge on any atom is -0.331 e. The predicted octanol–water partition coefficient (Wildman–Crippen LogP) is 2.94. The number of carbonyl (C=O) groups excluding carboxylic acids is 2. The lowest BCUT2D eigenvalue weighted by atomic mass is 9.73. The first-order chi connectivity index (χ1) is 10.3. The van der Waals surface area contributed by atoms with E-state index in [1.54, 1.807) is 12.2 Å². The molecule has 1 amide bonds. The molecule has 2 aliphatic carbocycles. The number of fused-ring (bicyclic) bond motifs is 1. The fourth-order valence-electron chi connectivity index (χ4n) is 3.62. The molecule has 0 N–H and O–H groups in total. The van der Waals surface area contributed by atoms with Crippen molar-refractivity contribution in [1.82, 2.24) is 4.90 Å². The fraction of sp³-hybridized carbons (Fsp3) is 0.500. The zero-order valence-electron chi connectivity index (χ0n) is 11.9. The van der Waals surface area contributed by atoms with Crippen molar-refractivity contribution in [3.63, 3.8) is 0 Å². The molecule has 3 rings (SSSR count). The monoisotopic (exact) mass is 311 g/mol. The highest BCUT2D eigenvalue weighted by Crippen LogP contribution is 2.47. The van der Waals surface area contributed by atoms with Gasteiger partial charge in [-0.2, -0.15) is 13.2 Å². The largest absolute Gasteiger partial charge is 0.471 e. The van der Waals surface area contributed by atoms with Crippen LogP contribution in [0.2, 0.25) is 0 Å². The number of hydrogen-bond donors (Lipinski definition) is 0. The molecule has 1 aliphatic heterocycles. The topological polar surface area (TPSA) is 37.4 Å². The number of allylic oxidation sites excluding steroid dienone is 5. The van der Waals surface area contributed by atoms with Gasteiger partial charge in [0.1, 0.15) is 0 Å². The zero-order valence-corrected chi connectivity index (χ0v) is 11.9. The summed E-state index contributed by atoms with van der Waals surface area (Å²) in [5.74, 6) is -1.89. The van der Waals surface area contributed by atoms with Crippen molar-refractivity contribution >= 4 is 11.7 Å². The standard InChI is InChI=1S/C16H16F3NO2/c17-16(18,19)14(22)20-9-8-15(6-4-12(21)5-7-15)13-3-1-2-11(13)10-20/h4-7H,1-3,8-10H2. The average molecular weight is 311 g/mol. The normalized spacial score (nSPS) is 24.0. The Morgan fingerprint density at radius 2 is 1.86 bits per heavy atom. The number of hydrogen-bond acceptors (Lipinski definition) is 2. The highest BCUT2D eigenvalue weighted by molar-refractivity contribution is 6.00. The van der Waals surface area contributed by atoms with Crippen molar-refractivity contribution in [2.45, 2.75) is 31.9 Å². The number of alkyl halides is 3. The third-order valence-corrected chi connectivity index (χ3v) is 4.69. The number of nitrogens with zero attached hydrogens (tertiary/aromatic N) is 1. The maximum Gasteiger partial charge on any atom is 0.471 e. The van der Waals surface area contributed by atoms with Gasteiger partial charge in [-0.3, -0.25) is 9.59 Å². The molecule has 0 atom stereocenters. The molecule has 0 fully saturated rings. The number of rotatable bonds is 0. The van der Waals surface area contributed by atoms with Crippen LogP contribution in [0.1, 0.15) is 25.7 Å². The van der Waals surface area contributed by atoms with Crippen LogP contribution in [0, 0.1) is 5.41 Å². The molecule has 1 spiro atoms. The SMILES string of the molecule is O=C1C=CC2(C=C1)CCN(C(=O)C(F)(F)F)CC1=C2CCC1. The first-order valence-corrected chi connectivity index (χ1v) is 7.32. The maximum absolute atomic E-state index is 12.7. The van der Waals surface area contributed by atoms with Crippen molar-refractivity contribution in [2.24, 2.45) is 5.41 Å². The zero-order chi connectivity index (χ0) is 16.0. The Balaban J connectivity index is 1.94. The fourth-order valence-corrected chi connectivity index (χ4v) is 3.62. The summed E-state index contributed by atoms with van der Waals surface area (Å²) >= 11 is 0. The summed E-state index contributed by atoms with van der Waals surface area (Å²) in [5, 5.41) is 0. The number of carbonyl (C=O) groups is 2. The van der Waals surface area contributed by atoms with Crippen LogP contribution >= 0.6 is 0 Å². The Morgan fingerprint density at radius 3 is 2.50 bits per heavy atom. The van der Waals surface area contributed by atoms with E-state index >= 15 is 0 Å². The van der Waals surface area contributed by atoms with Gasteiger partial charge in [0, 0.05) is 18.5 Å². The van der Waals surface area contributed by atoms with E-state index in [1.807, 2.05) is 0 Å². The van der Waals surface area contributed by atoms with Crippen LogP contribution in [0.4, 0.5) is 13.2 Å². The van der Waals surface area contributed by atoms with Crippen LogP contribution in [0.5, 0.6) is 0 Å². The van der Waals surface area contributed by atoms with Gasteiger partial charge in [-0.15, -0.1) is 0 Å². The second kappa shape index (κ2) is 5.11. The summed E-state index contributed by atoms with van der Waals surface area (Å²) in [6.07, 6.45) is 4.49. The van der Waals surface area contributed by atoms with E-state index < -0.39 is 17.5 Å². The second-order valence-corrected chi connectivity index (χ2v) is 6.02. The number of halogens is 3. The molecule has 0 saturated heterocycles. The highest BCUT2D eigenvalue weighted by Gasteiger charge is 2.45. The Kier molecular flexibility index (Phi) is 3.50. The molecule has 0 aromatic carbocycles.